The molecule has 1 saturated heterocycles. The van der Waals surface area contributed by atoms with E-state index in [4.69, 9.17) is 4.74 Å². The van der Waals surface area contributed by atoms with E-state index in [2.05, 4.69) is 4.98 Å². The van der Waals surface area contributed by atoms with E-state index >= 15 is 0 Å². The molecule has 0 radical (unpaired) electrons. The first kappa shape index (κ1) is 23.9. The summed E-state index contributed by atoms with van der Waals surface area (Å²) in [6.45, 7) is 6.85. The minimum atomic E-state index is -3.70. The molecule has 0 atom stereocenters. The third-order valence-corrected chi connectivity index (χ3v) is 7.68. The highest BCUT2D eigenvalue weighted by Crippen LogP contribution is 2.24. The highest BCUT2D eigenvalue weighted by Gasteiger charge is 2.28. The number of hydrogen-bond acceptors (Lipinski definition) is 6. The van der Waals surface area contributed by atoms with Crippen LogP contribution in [0.15, 0.2) is 23.1 Å². The van der Waals surface area contributed by atoms with Gasteiger partial charge in [0.2, 0.25) is 15.8 Å². The first-order valence-corrected chi connectivity index (χ1v) is 12.0. The second-order valence-corrected chi connectivity index (χ2v) is 10.1. The fourth-order valence-corrected chi connectivity index (χ4v) is 5.62. The van der Waals surface area contributed by atoms with Crippen molar-refractivity contribution in [3.05, 3.63) is 51.8 Å². The van der Waals surface area contributed by atoms with E-state index in [-0.39, 0.29) is 21.9 Å². The topological polar surface area (TPSA) is 114 Å². The lowest BCUT2D eigenvalue weighted by Gasteiger charge is -2.26. The molecule has 8 nitrogen and oxygen atoms in total. The number of sulfonamides is 1. The number of aromatic nitrogens is 1. The molecule has 2 aromatic rings. The zero-order chi connectivity index (χ0) is 23.6. The molecule has 0 bridgehead atoms. The van der Waals surface area contributed by atoms with Crippen LogP contribution in [0.25, 0.3) is 0 Å². The SMILES string of the molecule is CC(=O)c1c(C)[nH]c(C(=O)COC(=O)c2cc(S(=O)(=O)N3CCCCC3)ccc2C)c1C. The fourth-order valence-electron chi connectivity index (χ4n) is 4.07. The molecule has 172 valence electrons. The number of hydrogen-bond donors (Lipinski definition) is 1. The summed E-state index contributed by atoms with van der Waals surface area (Å²) in [6, 6.07) is 4.35. The highest BCUT2D eigenvalue weighted by atomic mass is 32.2. The minimum Gasteiger partial charge on any atom is -0.454 e. The molecule has 0 saturated carbocycles. The molecule has 1 N–H and O–H groups in total. The average Bonchev–Trinajstić information content (AvgIpc) is 3.06. The molecule has 3 rings (SSSR count). The Morgan fingerprint density at radius 1 is 1.06 bits per heavy atom. The van der Waals surface area contributed by atoms with Gasteiger partial charge in [-0.2, -0.15) is 4.31 Å². The Labute approximate surface area is 188 Å². The summed E-state index contributed by atoms with van der Waals surface area (Å²) in [6.07, 6.45) is 2.62. The van der Waals surface area contributed by atoms with Crippen molar-refractivity contribution in [2.45, 2.75) is 51.9 Å². The molecule has 0 spiro atoms. The van der Waals surface area contributed by atoms with Gasteiger partial charge in [-0.05, 0) is 63.8 Å². The molecule has 32 heavy (non-hydrogen) atoms. The summed E-state index contributed by atoms with van der Waals surface area (Å²) in [7, 11) is -3.70. The van der Waals surface area contributed by atoms with Gasteiger partial charge in [-0.15, -0.1) is 0 Å². The van der Waals surface area contributed by atoms with Crippen LogP contribution in [-0.2, 0) is 14.8 Å². The number of aromatic amines is 1. The van der Waals surface area contributed by atoms with Gasteiger partial charge in [-0.25, -0.2) is 13.2 Å². The number of Topliss-reactive ketones (excluding diaryl/α,β-unsaturated/α-hetero) is 2. The maximum Gasteiger partial charge on any atom is 0.338 e. The van der Waals surface area contributed by atoms with Crippen LogP contribution in [0.2, 0.25) is 0 Å². The van der Waals surface area contributed by atoms with Gasteiger partial charge in [0.1, 0.15) is 0 Å². The quantitative estimate of drug-likeness (QED) is 0.501. The molecule has 1 fully saturated rings. The van der Waals surface area contributed by atoms with Crippen LogP contribution < -0.4 is 0 Å². The van der Waals surface area contributed by atoms with Gasteiger partial charge in [0.25, 0.3) is 0 Å². The zero-order valence-corrected chi connectivity index (χ0v) is 19.6. The molecule has 1 aromatic carbocycles. The normalized spacial score (nSPS) is 14.9. The first-order valence-electron chi connectivity index (χ1n) is 10.5. The Morgan fingerprint density at radius 2 is 1.72 bits per heavy atom. The van der Waals surface area contributed by atoms with Gasteiger partial charge in [0, 0.05) is 24.3 Å². The molecular weight excluding hydrogens is 432 g/mol. The Balaban J connectivity index is 1.77. The molecule has 9 heteroatoms. The molecule has 0 amide bonds. The summed E-state index contributed by atoms with van der Waals surface area (Å²) in [4.78, 5) is 39.9. The minimum absolute atomic E-state index is 0.0326. The van der Waals surface area contributed by atoms with Crippen LogP contribution >= 0.6 is 0 Å². The highest BCUT2D eigenvalue weighted by molar-refractivity contribution is 7.89. The van der Waals surface area contributed by atoms with Crippen LogP contribution in [0, 0.1) is 20.8 Å². The van der Waals surface area contributed by atoms with Crippen LogP contribution in [0.1, 0.15) is 74.2 Å². The van der Waals surface area contributed by atoms with Gasteiger partial charge in [0.05, 0.1) is 16.2 Å². The molecule has 2 heterocycles. The largest absolute Gasteiger partial charge is 0.454 e. The van der Waals surface area contributed by atoms with E-state index in [1.165, 1.54) is 23.4 Å². The standard InChI is InChI=1S/C23H28N2O6S/c1-14-8-9-18(32(29,30)25-10-6-5-7-11-25)12-19(14)23(28)31-13-20(27)22-15(2)21(17(4)26)16(3)24-22/h8-9,12,24H,5-7,10-11,13H2,1-4H3. The summed E-state index contributed by atoms with van der Waals surface area (Å²) < 4.78 is 32.5. The number of esters is 1. The van der Waals surface area contributed by atoms with Crippen molar-refractivity contribution in [3.63, 3.8) is 0 Å². The van der Waals surface area contributed by atoms with Crippen molar-refractivity contribution in [2.75, 3.05) is 19.7 Å². The smallest absolute Gasteiger partial charge is 0.338 e. The van der Waals surface area contributed by atoms with Gasteiger partial charge in [-0.1, -0.05) is 12.5 Å². The van der Waals surface area contributed by atoms with E-state index in [1.54, 1.807) is 26.8 Å². The van der Waals surface area contributed by atoms with Gasteiger partial charge >= 0.3 is 5.97 Å². The maximum atomic E-state index is 12.9. The van der Waals surface area contributed by atoms with E-state index in [0.717, 1.165) is 19.3 Å². The average molecular weight is 461 g/mol. The van der Waals surface area contributed by atoms with Gasteiger partial charge in [0.15, 0.2) is 12.4 Å². The van der Waals surface area contributed by atoms with Crippen LogP contribution in [0.4, 0.5) is 0 Å². The Morgan fingerprint density at radius 3 is 2.31 bits per heavy atom. The van der Waals surface area contributed by atoms with Crippen molar-refractivity contribution >= 4 is 27.6 Å². The number of ether oxygens (including phenoxy) is 1. The number of carbonyl (C=O) groups is 3. The van der Waals surface area contributed by atoms with E-state index in [0.29, 0.717) is 35.5 Å². The molecule has 1 aliphatic rings. The summed E-state index contributed by atoms with van der Waals surface area (Å²) >= 11 is 0. The lowest BCUT2D eigenvalue weighted by atomic mass is 10.1. The summed E-state index contributed by atoms with van der Waals surface area (Å²) in [5, 5.41) is 0. The predicted molar refractivity (Wildman–Crippen MR) is 119 cm³/mol. The summed E-state index contributed by atoms with van der Waals surface area (Å²) in [5.41, 5.74) is 2.41. The number of rotatable bonds is 7. The number of piperidine rings is 1. The monoisotopic (exact) mass is 460 g/mol. The van der Waals surface area contributed by atoms with Gasteiger partial charge < -0.3 is 9.72 Å². The van der Waals surface area contributed by atoms with E-state index < -0.39 is 28.4 Å². The first-order chi connectivity index (χ1) is 15.0. The van der Waals surface area contributed by atoms with Crippen molar-refractivity contribution in [1.82, 2.24) is 9.29 Å². The van der Waals surface area contributed by atoms with E-state index in [9.17, 15) is 22.8 Å². The second kappa shape index (κ2) is 9.38. The number of carbonyl (C=O) groups excluding carboxylic acids is 3. The number of nitrogens with zero attached hydrogens (tertiary/aromatic N) is 1. The lowest BCUT2D eigenvalue weighted by molar-refractivity contribution is 0.0472. The predicted octanol–water partition coefficient (Wildman–Crippen LogP) is 3.36. The second-order valence-electron chi connectivity index (χ2n) is 8.12. The van der Waals surface area contributed by atoms with E-state index in [1.807, 2.05) is 0 Å². The molecule has 0 unspecified atom stereocenters. The molecule has 0 aliphatic carbocycles. The third kappa shape index (κ3) is 4.68. The van der Waals surface area contributed by atoms with Crippen LogP contribution in [0.5, 0.6) is 0 Å². The Kier molecular flexibility index (Phi) is 7.00. The number of aryl methyl sites for hydroxylation is 2. The van der Waals surface area contributed by atoms with Crippen LogP contribution in [0.3, 0.4) is 0 Å². The number of nitrogens with one attached hydrogen (secondary N) is 1. The number of H-pyrrole nitrogens is 1. The van der Waals surface area contributed by atoms with Crippen molar-refractivity contribution < 1.29 is 27.5 Å². The lowest BCUT2D eigenvalue weighted by Crippen LogP contribution is -2.35. The molecule has 1 aliphatic heterocycles. The zero-order valence-electron chi connectivity index (χ0n) is 18.8. The maximum absolute atomic E-state index is 12.9. The third-order valence-electron chi connectivity index (χ3n) is 5.78. The fraction of sp³-hybridized carbons (Fsp3) is 0.435. The Bertz CT molecular complexity index is 1170. The van der Waals surface area contributed by atoms with Crippen molar-refractivity contribution in [2.24, 2.45) is 0 Å². The van der Waals surface area contributed by atoms with Crippen molar-refractivity contribution in [1.29, 1.82) is 0 Å². The summed E-state index contributed by atoms with van der Waals surface area (Å²) in [5.74, 6) is -1.41. The molecular formula is C23H28N2O6S. The Hall–Kier alpha value is -2.78. The number of ketones is 2. The molecule has 1 aromatic heterocycles. The van der Waals surface area contributed by atoms with Gasteiger partial charge in [-0.3, -0.25) is 9.59 Å². The van der Waals surface area contributed by atoms with Crippen LogP contribution in [-0.4, -0.2) is 54.9 Å². The number of benzene rings is 1. The van der Waals surface area contributed by atoms with Crippen molar-refractivity contribution in [3.8, 4) is 0 Å².